The van der Waals surface area contributed by atoms with Crippen LogP contribution < -0.4 is 5.32 Å². The van der Waals surface area contributed by atoms with Crippen molar-refractivity contribution in [2.24, 2.45) is 5.92 Å². The molecule has 0 unspecified atom stereocenters. The number of nitrogens with zero attached hydrogens (tertiary/aromatic N) is 1. The average molecular weight is 286 g/mol. The summed E-state index contributed by atoms with van der Waals surface area (Å²) < 4.78 is 0. The Morgan fingerprint density at radius 3 is 3.10 bits per heavy atom. The number of nitrogens with one attached hydrogen (secondary N) is 3. The van der Waals surface area contributed by atoms with Crippen LogP contribution in [0.5, 0.6) is 0 Å². The molecule has 0 fully saturated rings. The first-order valence-electron chi connectivity index (χ1n) is 7.61. The van der Waals surface area contributed by atoms with Crippen molar-refractivity contribution in [2.75, 3.05) is 0 Å². The molecule has 0 saturated heterocycles. The molecule has 2 aromatic rings. The van der Waals surface area contributed by atoms with E-state index in [0.29, 0.717) is 12.5 Å². The summed E-state index contributed by atoms with van der Waals surface area (Å²) in [5.41, 5.74) is 3.32. The lowest BCUT2D eigenvalue weighted by atomic mass is 9.89. The minimum atomic E-state index is 0.0490. The van der Waals surface area contributed by atoms with Crippen molar-refractivity contribution in [3.8, 4) is 0 Å². The van der Waals surface area contributed by atoms with Gasteiger partial charge in [-0.3, -0.25) is 4.79 Å². The van der Waals surface area contributed by atoms with Gasteiger partial charge in [-0.15, -0.1) is 0 Å². The highest BCUT2D eigenvalue weighted by Gasteiger charge is 2.27. The van der Waals surface area contributed by atoms with Crippen molar-refractivity contribution in [3.05, 3.63) is 41.2 Å². The Balaban J connectivity index is 1.61. The van der Waals surface area contributed by atoms with Gasteiger partial charge >= 0.3 is 0 Å². The molecule has 1 amide bonds. The lowest BCUT2D eigenvalue weighted by molar-refractivity contribution is -0.125. The molecule has 5 heteroatoms. The van der Waals surface area contributed by atoms with Gasteiger partial charge in [0.15, 0.2) is 0 Å². The van der Waals surface area contributed by atoms with Gasteiger partial charge in [0.2, 0.25) is 5.91 Å². The summed E-state index contributed by atoms with van der Waals surface area (Å²) in [7, 11) is 0. The second-order valence-corrected chi connectivity index (χ2v) is 6.05. The number of rotatable bonds is 4. The van der Waals surface area contributed by atoms with Gasteiger partial charge in [-0.05, 0) is 25.0 Å². The van der Waals surface area contributed by atoms with Gasteiger partial charge in [0.05, 0.1) is 12.2 Å². The molecule has 0 radical (unpaired) electrons. The quantitative estimate of drug-likeness (QED) is 0.806. The van der Waals surface area contributed by atoms with Crippen LogP contribution in [-0.2, 0) is 24.2 Å². The summed E-state index contributed by atoms with van der Waals surface area (Å²) in [6, 6.07) is 3.91. The second kappa shape index (κ2) is 5.76. The normalized spacial score (nSPS) is 17.8. The maximum Gasteiger partial charge on any atom is 0.223 e. The summed E-state index contributed by atoms with van der Waals surface area (Å²) in [4.78, 5) is 23.4. The van der Waals surface area contributed by atoms with E-state index in [9.17, 15) is 4.79 Å². The number of fused-ring (bicyclic) bond motifs is 1. The largest absolute Gasteiger partial charge is 0.364 e. The number of carbonyl (C=O) groups excluding carboxylic acids is 1. The molecule has 0 aromatic carbocycles. The molecule has 0 saturated carbocycles. The summed E-state index contributed by atoms with van der Waals surface area (Å²) >= 11 is 0. The summed E-state index contributed by atoms with van der Waals surface area (Å²) in [6.07, 6.45) is 4.41. The lowest BCUT2D eigenvalue weighted by Crippen LogP contribution is -2.33. The average Bonchev–Trinajstić information content (AvgIpc) is 3.12. The van der Waals surface area contributed by atoms with Gasteiger partial charge in [0.25, 0.3) is 0 Å². The fourth-order valence-corrected chi connectivity index (χ4v) is 2.80. The van der Waals surface area contributed by atoms with E-state index in [4.69, 9.17) is 0 Å². The van der Waals surface area contributed by atoms with Crippen LogP contribution >= 0.6 is 0 Å². The summed E-state index contributed by atoms with van der Waals surface area (Å²) in [5, 5.41) is 3.01. The summed E-state index contributed by atoms with van der Waals surface area (Å²) in [6.45, 7) is 4.82. The van der Waals surface area contributed by atoms with Crippen molar-refractivity contribution in [1.29, 1.82) is 0 Å². The Labute approximate surface area is 124 Å². The molecule has 0 bridgehead atoms. The van der Waals surface area contributed by atoms with Gasteiger partial charge < -0.3 is 15.3 Å². The Bertz CT molecular complexity index is 612. The van der Waals surface area contributed by atoms with Crippen LogP contribution in [0.1, 0.15) is 49.1 Å². The van der Waals surface area contributed by atoms with Crippen LogP contribution in [0.25, 0.3) is 0 Å². The van der Waals surface area contributed by atoms with Crippen molar-refractivity contribution in [1.82, 2.24) is 20.3 Å². The Morgan fingerprint density at radius 2 is 2.38 bits per heavy atom. The van der Waals surface area contributed by atoms with E-state index in [-0.39, 0.29) is 11.8 Å². The topological polar surface area (TPSA) is 73.6 Å². The van der Waals surface area contributed by atoms with Crippen LogP contribution in [-0.4, -0.2) is 20.9 Å². The number of hydrogen-bond acceptors (Lipinski definition) is 2. The Morgan fingerprint density at radius 1 is 1.52 bits per heavy atom. The van der Waals surface area contributed by atoms with E-state index in [1.54, 1.807) is 0 Å². The van der Waals surface area contributed by atoms with Gasteiger partial charge in [0, 0.05) is 35.8 Å². The van der Waals surface area contributed by atoms with Crippen LogP contribution in [0.15, 0.2) is 18.3 Å². The zero-order chi connectivity index (χ0) is 14.8. The Hall–Kier alpha value is -2.04. The fraction of sp³-hybridized carbons (Fsp3) is 0.500. The number of carbonyl (C=O) groups is 1. The van der Waals surface area contributed by atoms with Crippen LogP contribution in [0, 0.1) is 5.92 Å². The summed E-state index contributed by atoms with van der Waals surface area (Å²) in [5.74, 6) is 1.62. The predicted molar refractivity (Wildman–Crippen MR) is 80.8 cm³/mol. The van der Waals surface area contributed by atoms with E-state index >= 15 is 0 Å². The number of imidazole rings is 1. The number of aromatic nitrogens is 3. The molecule has 1 atom stereocenters. The molecule has 0 aliphatic heterocycles. The molecular weight excluding hydrogens is 264 g/mol. The molecule has 2 aromatic heterocycles. The van der Waals surface area contributed by atoms with E-state index < -0.39 is 0 Å². The second-order valence-electron chi connectivity index (χ2n) is 6.05. The molecule has 0 spiro atoms. The molecule has 5 nitrogen and oxygen atoms in total. The minimum Gasteiger partial charge on any atom is -0.364 e. The highest BCUT2D eigenvalue weighted by atomic mass is 16.1. The molecule has 2 heterocycles. The number of aromatic amines is 2. The lowest BCUT2D eigenvalue weighted by Gasteiger charge is -2.20. The van der Waals surface area contributed by atoms with Crippen molar-refractivity contribution < 1.29 is 4.79 Å². The highest BCUT2D eigenvalue weighted by Crippen LogP contribution is 2.26. The monoisotopic (exact) mass is 286 g/mol. The number of hydrogen-bond donors (Lipinski definition) is 3. The van der Waals surface area contributed by atoms with E-state index in [1.807, 2.05) is 18.3 Å². The molecule has 21 heavy (non-hydrogen) atoms. The van der Waals surface area contributed by atoms with Crippen molar-refractivity contribution in [2.45, 2.75) is 45.6 Å². The van der Waals surface area contributed by atoms with Gasteiger partial charge in [-0.25, -0.2) is 4.98 Å². The van der Waals surface area contributed by atoms with Crippen molar-refractivity contribution in [3.63, 3.8) is 0 Å². The van der Waals surface area contributed by atoms with Crippen LogP contribution in [0.4, 0.5) is 0 Å². The zero-order valence-electron chi connectivity index (χ0n) is 12.6. The first kappa shape index (κ1) is 13.9. The van der Waals surface area contributed by atoms with Gasteiger partial charge in [-0.1, -0.05) is 13.8 Å². The molecule has 3 N–H and O–H groups in total. The first-order chi connectivity index (χ1) is 10.1. The van der Waals surface area contributed by atoms with E-state index in [1.165, 1.54) is 0 Å². The predicted octanol–water partition coefficient (Wildman–Crippen LogP) is 2.28. The van der Waals surface area contributed by atoms with Crippen molar-refractivity contribution >= 4 is 5.91 Å². The maximum atomic E-state index is 12.3. The van der Waals surface area contributed by atoms with E-state index in [0.717, 1.165) is 42.2 Å². The molecule has 1 aliphatic carbocycles. The number of amides is 1. The Kier molecular flexibility index (Phi) is 3.82. The van der Waals surface area contributed by atoms with Crippen LogP contribution in [0.2, 0.25) is 0 Å². The first-order valence-corrected chi connectivity index (χ1v) is 7.61. The minimum absolute atomic E-state index is 0.0490. The third kappa shape index (κ3) is 3.01. The maximum absolute atomic E-state index is 12.3. The van der Waals surface area contributed by atoms with Gasteiger partial charge in [0.1, 0.15) is 5.82 Å². The number of aryl methyl sites for hydroxylation is 1. The standard InChI is InChI=1S/C16H22N4O/c1-10(2)15-19-13-6-5-11(8-14(13)20-15)16(21)18-9-12-4-3-7-17-12/h3-4,7,10-11,17H,5-6,8-9H2,1-2H3,(H,18,21)(H,19,20)/t11-/m0/s1. The molecular formula is C16H22N4O. The smallest absolute Gasteiger partial charge is 0.223 e. The molecule has 112 valence electrons. The van der Waals surface area contributed by atoms with Crippen LogP contribution in [0.3, 0.4) is 0 Å². The fourth-order valence-electron chi connectivity index (χ4n) is 2.80. The SMILES string of the molecule is CC(C)c1nc2c([nH]1)C[C@@H](C(=O)NCc1ccc[nH]1)CC2. The molecule has 1 aliphatic rings. The van der Waals surface area contributed by atoms with E-state index in [2.05, 4.69) is 34.1 Å². The van der Waals surface area contributed by atoms with Gasteiger partial charge in [-0.2, -0.15) is 0 Å². The molecule has 3 rings (SSSR count). The zero-order valence-corrected chi connectivity index (χ0v) is 12.6. The third-order valence-electron chi connectivity index (χ3n) is 4.10. The highest BCUT2D eigenvalue weighted by molar-refractivity contribution is 5.79. The number of H-pyrrole nitrogens is 2. The third-order valence-corrected chi connectivity index (χ3v) is 4.10.